The fraction of sp³-hybridized carbons (Fsp3) is 0.222. The molecule has 7 nitrogen and oxygen atoms in total. The van der Waals surface area contributed by atoms with Gasteiger partial charge in [-0.3, -0.25) is 9.69 Å². The van der Waals surface area contributed by atoms with Gasteiger partial charge < -0.3 is 23.4 Å². The Labute approximate surface area is 197 Å². The molecule has 174 valence electrons. The zero-order valence-corrected chi connectivity index (χ0v) is 19.1. The molecule has 0 radical (unpaired) electrons. The molecular formula is C27H25NO6. The quantitative estimate of drug-likeness (QED) is 0.385. The lowest BCUT2D eigenvalue weighted by molar-refractivity contribution is 0.0966. The van der Waals surface area contributed by atoms with Gasteiger partial charge in [-0.25, -0.2) is 0 Å². The number of para-hydroxylation sites is 3. The number of hydrogen-bond donors (Lipinski definition) is 0. The van der Waals surface area contributed by atoms with Crippen LogP contribution in [-0.2, 0) is 13.0 Å². The van der Waals surface area contributed by atoms with Crippen molar-refractivity contribution >= 4 is 11.0 Å². The first-order chi connectivity index (χ1) is 16.7. The van der Waals surface area contributed by atoms with Crippen molar-refractivity contribution in [3.05, 3.63) is 88.3 Å². The maximum atomic E-state index is 13.2. The maximum absolute atomic E-state index is 13.2. The summed E-state index contributed by atoms with van der Waals surface area (Å²) in [5, 5.41) is 0.446. The average molecular weight is 459 g/mol. The van der Waals surface area contributed by atoms with Crippen molar-refractivity contribution in [3.63, 3.8) is 0 Å². The topological polar surface area (TPSA) is 70.4 Å². The highest BCUT2D eigenvalue weighted by molar-refractivity contribution is 5.83. The SMILES string of the molecule is COc1ccccc1CCN1COc2ccc3c(=O)c(Oc4ccccc4OC)coc3c2C1. The van der Waals surface area contributed by atoms with Crippen molar-refractivity contribution in [3.8, 4) is 28.7 Å². The van der Waals surface area contributed by atoms with E-state index in [1.165, 1.54) is 6.26 Å². The van der Waals surface area contributed by atoms with Crippen LogP contribution >= 0.6 is 0 Å². The van der Waals surface area contributed by atoms with Crippen LogP contribution in [0, 0.1) is 0 Å². The second kappa shape index (κ2) is 9.49. The molecule has 0 amide bonds. The summed E-state index contributed by atoms with van der Waals surface area (Å²) in [6.07, 6.45) is 2.17. The lowest BCUT2D eigenvalue weighted by Crippen LogP contribution is -2.33. The van der Waals surface area contributed by atoms with Gasteiger partial charge >= 0.3 is 0 Å². The van der Waals surface area contributed by atoms with Crippen LogP contribution in [0.1, 0.15) is 11.1 Å². The molecule has 0 bridgehead atoms. The number of rotatable bonds is 7. The molecule has 3 aromatic carbocycles. The van der Waals surface area contributed by atoms with Crippen LogP contribution in [0.4, 0.5) is 0 Å². The highest BCUT2D eigenvalue weighted by Crippen LogP contribution is 2.34. The second-order valence-corrected chi connectivity index (χ2v) is 7.99. The van der Waals surface area contributed by atoms with Gasteiger partial charge in [-0.05, 0) is 42.3 Å². The number of fused-ring (bicyclic) bond motifs is 3. The summed E-state index contributed by atoms with van der Waals surface area (Å²) < 4.78 is 28.5. The predicted octanol–water partition coefficient (Wildman–Crippen LogP) is 5.00. The summed E-state index contributed by atoms with van der Waals surface area (Å²) in [6, 6.07) is 18.7. The summed E-state index contributed by atoms with van der Waals surface area (Å²) in [6.45, 7) is 1.85. The van der Waals surface area contributed by atoms with Crippen LogP contribution in [0.5, 0.6) is 28.7 Å². The summed E-state index contributed by atoms with van der Waals surface area (Å²) in [5.41, 5.74) is 2.25. The van der Waals surface area contributed by atoms with Gasteiger partial charge in [-0.2, -0.15) is 0 Å². The first-order valence-electron chi connectivity index (χ1n) is 11.0. The Hall–Kier alpha value is -3.97. The molecule has 0 N–H and O–H groups in total. The highest BCUT2D eigenvalue weighted by atomic mass is 16.5. The van der Waals surface area contributed by atoms with Crippen molar-refractivity contribution < 1.29 is 23.4 Å². The van der Waals surface area contributed by atoms with E-state index in [1.807, 2.05) is 36.4 Å². The molecule has 0 aliphatic carbocycles. The van der Waals surface area contributed by atoms with Gasteiger partial charge in [0, 0.05) is 13.1 Å². The standard InChI is InChI=1S/C27H25NO6/c1-30-21-8-4-3-7-18(21)13-14-28-15-20-22(33-17-28)12-11-19-26(29)25(16-32-27(19)20)34-24-10-6-5-9-23(24)31-2/h3-12,16H,13-15,17H2,1-2H3. The Morgan fingerprint density at radius 3 is 2.41 bits per heavy atom. The van der Waals surface area contributed by atoms with Crippen molar-refractivity contribution in [1.82, 2.24) is 4.90 Å². The normalized spacial score (nSPS) is 13.2. The molecule has 0 saturated carbocycles. The number of benzene rings is 3. The van der Waals surface area contributed by atoms with E-state index < -0.39 is 0 Å². The van der Waals surface area contributed by atoms with Gasteiger partial charge in [0.2, 0.25) is 11.2 Å². The second-order valence-electron chi connectivity index (χ2n) is 7.99. The first kappa shape index (κ1) is 21.9. The third-order valence-electron chi connectivity index (χ3n) is 5.93. The van der Waals surface area contributed by atoms with Gasteiger partial charge in [0.15, 0.2) is 11.5 Å². The molecule has 0 saturated heterocycles. The molecule has 2 heterocycles. The molecule has 1 aliphatic heterocycles. The van der Waals surface area contributed by atoms with Crippen molar-refractivity contribution in [2.45, 2.75) is 13.0 Å². The lowest BCUT2D eigenvalue weighted by atomic mass is 10.1. The van der Waals surface area contributed by atoms with Crippen LogP contribution in [0.3, 0.4) is 0 Å². The van der Waals surface area contributed by atoms with E-state index in [4.69, 9.17) is 23.4 Å². The third kappa shape index (κ3) is 4.18. The molecular weight excluding hydrogens is 434 g/mol. The fourth-order valence-electron chi connectivity index (χ4n) is 4.16. The van der Waals surface area contributed by atoms with E-state index in [9.17, 15) is 4.79 Å². The molecule has 1 aliphatic rings. The fourth-order valence-corrected chi connectivity index (χ4v) is 4.16. The van der Waals surface area contributed by atoms with Crippen molar-refractivity contribution in [2.24, 2.45) is 0 Å². The van der Waals surface area contributed by atoms with Gasteiger partial charge in [-0.1, -0.05) is 30.3 Å². The average Bonchev–Trinajstić information content (AvgIpc) is 2.89. The lowest BCUT2D eigenvalue weighted by Gasteiger charge is -2.29. The minimum Gasteiger partial charge on any atom is -0.496 e. The molecule has 4 aromatic rings. The first-order valence-corrected chi connectivity index (χ1v) is 11.0. The Morgan fingerprint density at radius 1 is 0.882 bits per heavy atom. The van der Waals surface area contributed by atoms with E-state index in [-0.39, 0.29) is 11.2 Å². The third-order valence-corrected chi connectivity index (χ3v) is 5.93. The highest BCUT2D eigenvalue weighted by Gasteiger charge is 2.23. The molecule has 0 fully saturated rings. The van der Waals surface area contributed by atoms with E-state index in [0.717, 1.165) is 35.6 Å². The summed E-state index contributed by atoms with van der Waals surface area (Å²) >= 11 is 0. The molecule has 0 unspecified atom stereocenters. The molecule has 5 rings (SSSR count). The zero-order valence-electron chi connectivity index (χ0n) is 19.1. The van der Waals surface area contributed by atoms with Crippen molar-refractivity contribution in [1.29, 1.82) is 0 Å². The van der Waals surface area contributed by atoms with Crippen molar-refractivity contribution in [2.75, 3.05) is 27.5 Å². The molecule has 7 heteroatoms. The maximum Gasteiger partial charge on any atom is 0.235 e. The zero-order chi connectivity index (χ0) is 23.5. The molecule has 34 heavy (non-hydrogen) atoms. The number of methoxy groups -OCH3 is 2. The van der Waals surface area contributed by atoms with E-state index in [2.05, 4.69) is 11.0 Å². The van der Waals surface area contributed by atoms with E-state index in [0.29, 0.717) is 35.7 Å². The van der Waals surface area contributed by atoms with Gasteiger partial charge in [0.1, 0.15) is 30.1 Å². The van der Waals surface area contributed by atoms with Gasteiger partial charge in [-0.15, -0.1) is 0 Å². The number of nitrogens with zero attached hydrogens (tertiary/aromatic N) is 1. The van der Waals surface area contributed by atoms with Crippen LogP contribution in [-0.4, -0.2) is 32.4 Å². The van der Waals surface area contributed by atoms with E-state index in [1.54, 1.807) is 32.4 Å². The minimum atomic E-state index is -0.249. The number of hydrogen-bond acceptors (Lipinski definition) is 7. The number of ether oxygens (including phenoxy) is 4. The summed E-state index contributed by atoms with van der Waals surface area (Å²) in [5.74, 6) is 2.68. The molecule has 0 spiro atoms. The smallest absolute Gasteiger partial charge is 0.235 e. The molecule has 1 aromatic heterocycles. The Morgan fingerprint density at radius 2 is 1.62 bits per heavy atom. The van der Waals surface area contributed by atoms with Crippen LogP contribution < -0.4 is 24.4 Å². The Kier molecular flexibility index (Phi) is 6.10. The Bertz CT molecular complexity index is 1380. The molecule has 0 atom stereocenters. The monoisotopic (exact) mass is 459 g/mol. The van der Waals surface area contributed by atoms with Crippen LogP contribution in [0.2, 0.25) is 0 Å². The van der Waals surface area contributed by atoms with Gasteiger partial charge in [0.05, 0.1) is 25.2 Å². The summed E-state index contributed by atoms with van der Waals surface area (Å²) in [4.78, 5) is 15.4. The minimum absolute atomic E-state index is 0.0988. The van der Waals surface area contributed by atoms with Crippen LogP contribution in [0.25, 0.3) is 11.0 Å². The van der Waals surface area contributed by atoms with Gasteiger partial charge in [0.25, 0.3) is 0 Å². The largest absolute Gasteiger partial charge is 0.496 e. The Balaban J connectivity index is 1.40. The van der Waals surface area contributed by atoms with E-state index >= 15 is 0 Å². The predicted molar refractivity (Wildman–Crippen MR) is 128 cm³/mol. The summed E-state index contributed by atoms with van der Waals surface area (Å²) in [7, 11) is 3.23. The van der Waals surface area contributed by atoms with Crippen LogP contribution in [0.15, 0.2) is 76.1 Å².